The van der Waals surface area contributed by atoms with Crippen LogP contribution in [0.5, 0.6) is 0 Å². The average Bonchev–Trinajstić information content (AvgIpc) is 3.36. The number of nitrogens with zero attached hydrogens (tertiary/aromatic N) is 1. The van der Waals surface area contributed by atoms with Crippen molar-refractivity contribution in [1.29, 1.82) is 0 Å². The van der Waals surface area contributed by atoms with Crippen molar-refractivity contribution in [1.82, 2.24) is 9.88 Å². The number of hydrogen-bond acceptors (Lipinski definition) is 4. The molecule has 6 nitrogen and oxygen atoms in total. The first-order valence-corrected chi connectivity index (χ1v) is 10.1. The number of H-pyrrole nitrogens is 1. The highest BCUT2D eigenvalue weighted by Gasteiger charge is 2.40. The number of carbonyl (C=O) groups is 3. The molecule has 1 heterocycles. The number of aromatic amines is 1. The maximum absolute atomic E-state index is 13.4. The highest BCUT2D eigenvalue weighted by atomic mass is 16.5. The Labute approximate surface area is 170 Å². The summed E-state index contributed by atoms with van der Waals surface area (Å²) in [5.41, 5.74) is 4.19. The molecule has 2 aliphatic carbocycles. The first-order chi connectivity index (χ1) is 13.9. The fourth-order valence-corrected chi connectivity index (χ4v) is 4.57. The number of esters is 1. The standard InChI is InChI=1S/C23H26N2O4/c1-13-21(23(28)29-3)18(24-22(13)14(2)26)12-20(27)25(16-9-10-16)19-11-8-15-6-4-5-7-17(15)19/h4-7,16,19,24H,8-12H2,1-3H3. The molecule has 29 heavy (non-hydrogen) atoms. The second-order valence-corrected chi connectivity index (χ2v) is 7.99. The molecule has 1 N–H and O–H groups in total. The predicted octanol–water partition coefficient (Wildman–Crippen LogP) is 3.53. The van der Waals surface area contributed by atoms with Crippen LogP contribution in [0.3, 0.4) is 0 Å². The quantitative estimate of drug-likeness (QED) is 0.600. The van der Waals surface area contributed by atoms with Crippen LogP contribution in [0.15, 0.2) is 24.3 Å². The summed E-state index contributed by atoms with van der Waals surface area (Å²) < 4.78 is 4.90. The number of ether oxygens (including phenoxy) is 1. The van der Waals surface area contributed by atoms with Crippen molar-refractivity contribution in [2.45, 2.75) is 58.0 Å². The van der Waals surface area contributed by atoms with Crippen molar-refractivity contribution in [2.24, 2.45) is 0 Å². The maximum atomic E-state index is 13.4. The highest BCUT2D eigenvalue weighted by molar-refractivity contribution is 6.01. The maximum Gasteiger partial charge on any atom is 0.339 e. The average molecular weight is 394 g/mol. The summed E-state index contributed by atoms with van der Waals surface area (Å²) in [6.45, 7) is 3.15. The summed E-state index contributed by atoms with van der Waals surface area (Å²) in [6.07, 6.45) is 3.97. The van der Waals surface area contributed by atoms with Crippen molar-refractivity contribution >= 4 is 17.7 Å². The monoisotopic (exact) mass is 394 g/mol. The first kappa shape index (κ1) is 19.4. The van der Waals surface area contributed by atoms with E-state index in [1.54, 1.807) is 6.92 Å². The van der Waals surface area contributed by atoms with Crippen LogP contribution in [0, 0.1) is 6.92 Å². The minimum absolute atomic E-state index is 0.0179. The van der Waals surface area contributed by atoms with Gasteiger partial charge in [-0.05, 0) is 49.3 Å². The van der Waals surface area contributed by atoms with Gasteiger partial charge < -0.3 is 14.6 Å². The van der Waals surface area contributed by atoms with Gasteiger partial charge in [0.2, 0.25) is 5.91 Å². The van der Waals surface area contributed by atoms with Gasteiger partial charge in [0.25, 0.3) is 0 Å². The third kappa shape index (κ3) is 3.48. The first-order valence-electron chi connectivity index (χ1n) is 10.1. The van der Waals surface area contributed by atoms with Gasteiger partial charge in [-0.2, -0.15) is 0 Å². The Kier molecular flexibility index (Phi) is 5.03. The summed E-state index contributed by atoms with van der Waals surface area (Å²) in [4.78, 5) is 42.7. The van der Waals surface area contributed by atoms with E-state index in [4.69, 9.17) is 4.74 Å². The number of ketones is 1. The highest BCUT2D eigenvalue weighted by Crippen LogP contribution is 2.42. The molecule has 4 rings (SSSR count). The van der Waals surface area contributed by atoms with E-state index in [0.29, 0.717) is 22.5 Å². The molecule has 1 aromatic carbocycles. The molecule has 1 amide bonds. The minimum Gasteiger partial charge on any atom is -0.465 e. The van der Waals surface area contributed by atoms with Crippen LogP contribution in [0.25, 0.3) is 0 Å². The molecule has 1 unspecified atom stereocenters. The molecule has 1 fully saturated rings. The topological polar surface area (TPSA) is 79.5 Å². The molecule has 152 valence electrons. The van der Waals surface area contributed by atoms with E-state index < -0.39 is 5.97 Å². The molecule has 1 saturated carbocycles. The molecule has 1 atom stereocenters. The summed E-state index contributed by atoms with van der Waals surface area (Å²) in [6, 6.07) is 8.64. The zero-order valence-corrected chi connectivity index (χ0v) is 17.1. The number of fused-ring (bicyclic) bond motifs is 1. The molecular formula is C23H26N2O4. The number of benzene rings is 1. The molecule has 0 bridgehead atoms. The van der Waals surface area contributed by atoms with Crippen LogP contribution in [0.1, 0.15) is 75.5 Å². The van der Waals surface area contributed by atoms with Crippen LogP contribution >= 0.6 is 0 Å². The van der Waals surface area contributed by atoms with Gasteiger partial charge in [-0.25, -0.2) is 4.79 Å². The fraction of sp³-hybridized carbons (Fsp3) is 0.435. The van der Waals surface area contributed by atoms with E-state index in [1.807, 2.05) is 17.0 Å². The number of aromatic nitrogens is 1. The molecule has 0 radical (unpaired) electrons. The van der Waals surface area contributed by atoms with E-state index in [-0.39, 0.29) is 30.2 Å². The summed E-state index contributed by atoms with van der Waals surface area (Å²) in [7, 11) is 1.31. The van der Waals surface area contributed by atoms with Gasteiger partial charge in [0.1, 0.15) is 0 Å². The van der Waals surface area contributed by atoms with E-state index in [1.165, 1.54) is 25.2 Å². The van der Waals surface area contributed by atoms with Crippen LogP contribution in [-0.4, -0.2) is 40.7 Å². The Hall–Kier alpha value is -2.89. The number of aryl methyl sites for hydroxylation is 1. The van der Waals surface area contributed by atoms with Crippen molar-refractivity contribution in [3.8, 4) is 0 Å². The van der Waals surface area contributed by atoms with Gasteiger partial charge in [-0.1, -0.05) is 24.3 Å². The van der Waals surface area contributed by atoms with Gasteiger partial charge in [0, 0.05) is 18.7 Å². The smallest absolute Gasteiger partial charge is 0.339 e. The van der Waals surface area contributed by atoms with Crippen molar-refractivity contribution in [3.63, 3.8) is 0 Å². The van der Waals surface area contributed by atoms with Crippen molar-refractivity contribution in [2.75, 3.05) is 7.11 Å². The lowest BCUT2D eigenvalue weighted by molar-refractivity contribution is -0.133. The Balaban J connectivity index is 1.65. The van der Waals surface area contributed by atoms with Crippen LogP contribution < -0.4 is 0 Å². The summed E-state index contributed by atoms with van der Waals surface area (Å²) in [5, 5.41) is 0. The Bertz CT molecular complexity index is 987. The van der Waals surface area contributed by atoms with E-state index in [9.17, 15) is 14.4 Å². The normalized spacial score (nSPS) is 17.7. The Morgan fingerprint density at radius 2 is 1.90 bits per heavy atom. The van der Waals surface area contributed by atoms with Crippen molar-refractivity contribution in [3.05, 3.63) is 57.9 Å². The third-order valence-electron chi connectivity index (χ3n) is 6.06. The second-order valence-electron chi connectivity index (χ2n) is 7.99. The van der Waals surface area contributed by atoms with Gasteiger partial charge in [0.15, 0.2) is 5.78 Å². The largest absolute Gasteiger partial charge is 0.465 e. The zero-order chi connectivity index (χ0) is 20.7. The van der Waals surface area contributed by atoms with Gasteiger partial charge in [0.05, 0.1) is 30.8 Å². The Morgan fingerprint density at radius 1 is 1.17 bits per heavy atom. The van der Waals surface area contributed by atoms with E-state index in [2.05, 4.69) is 17.1 Å². The number of hydrogen-bond donors (Lipinski definition) is 1. The SMILES string of the molecule is COC(=O)c1c(CC(=O)N(C2CC2)C2CCc3ccccc32)[nH]c(C(C)=O)c1C. The minimum atomic E-state index is -0.529. The lowest BCUT2D eigenvalue weighted by Gasteiger charge is -2.30. The number of methoxy groups -OCH3 is 1. The summed E-state index contributed by atoms with van der Waals surface area (Å²) >= 11 is 0. The number of nitrogens with one attached hydrogen (secondary N) is 1. The van der Waals surface area contributed by atoms with Gasteiger partial charge in [-0.15, -0.1) is 0 Å². The van der Waals surface area contributed by atoms with Crippen LogP contribution in [0.4, 0.5) is 0 Å². The molecule has 2 aliphatic rings. The number of carbonyl (C=O) groups excluding carboxylic acids is 3. The summed E-state index contributed by atoms with van der Waals surface area (Å²) in [5.74, 6) is -0.718. The molecule has 0 aliphatic heterocycles. The van der Waals surface area contributed by atoms with Crippen molar-refractivity contribution < 1.29 is 19.1 Å². The lowest BCUT2D eigenvalue weighted by atomic mass is 10.0. The lowest BCUT2D eigenvalue weighted by Crippen LogP contribution is -2.37. The van der Waals surface area contributed by atoms with E-state index in [0.717, 1.165) is 25.7 Å². The second kappa shape index (κ2) is 7.50. The van der Waals surface area contributed by atoms with Crippen LogP contribution in [-0.2, 0) is 22.4 Å². The molecule has 2 aromatic rings. The molecule has 0 saturated heterocycles. The number of Topliss-reactive ketones (excluding diaryl/α,β-unsaturated/α-hetero) is 1. The van der Waals surface area contributed by atoms with E-state index >= 15 is 0 Å². The molecule has 1 aromatic heterocycles. The van der Waals surface area contributed by atoms with Gasteiger partial charge in [-0.3, -0.25) is 9.59 Å². The third-order valence-corrected chi connectivity index (χ3v) is 6.06. The zero-order valence-electron chi connectivity index (χ0n) is 17.1. The molecular weight excluding hydrogens is 368 g/mol. The fourth-order valence-electron chi connectivity index (χ4n) is 4.57. The molecule has 0 spiro atoms. The van der Waals surface area contributed by atoms with Crippen LogP contribution in [0.2, 0.25) is 0 Å². The molecule has 6 heteroatoms. The Morgan fingerprint density at radius 3 is 2.55 bits per heavy atom. The number of rotatable bonds is 6. The van der Waals surface area contributed by atoms with Gasteiger partial charge >= 0.3 is 5.97 Å². The number of amides is 1. The predicted molar refractivity (Wildman–Crippen MR) is 108 cm³/mol.